The zero-order chi connectivity index (χ0) is 21.8. The molecule has 8 nitrogen and oxygen atoms in total. The lowest BCUT2D eigenvalue weighted by Gasteiger charge is -2.22. The molecular formula is C20H13F3N6O2. The summed E-state index contributed by atoms with van der Waals surface area (Å²) in [5.74, 6) is -1.59. The number of anilines is 1. The van der Waals surface area contributed by atoms with Crippen LogP contribution in [0.15, 0.2) is 55.0 Å². The number of benzene rings is 2. The number of H-pyrrole nitrogens is 2. The number of imidazole rings is 2. The van der Waals surface area contributed by atoms with Crippen molar-refractivity contribution in [2.75, 3.05) is 4.90 Å². The van der Waals surface area contributed by atoms with E-state index in [0.29, 0.717) is 27.8 Å². The number of nitrogens with zero attached hydrogens (tertiary/aromatic N) is 3. The van der Waals surface area contributed by atoms with Crippen molar-refractivity contribution in [2.45, 2.75) is 12.2 Å². The molecule has 31 heavy (non-hydrogen) atoms. The smallest absolute Gasteiger partial charge is 0.345 e. The Morgan fingerprint density at radius 3 is 2.48 bits per heavy atom. The maximum Gasteiger partial charge on any atom is 0.449 e. The Morgan fingerprint density at radius 1 is 1.00 bits per heavy atom. The number of hydrogen-bond acceptors (Lipinski definition) is 4. The van der Waals surface area contributed by atoms with Gasteiger partial charge in [0.2, 0.25) is 5.82 Å². The van der Waals surface area contributed by atoms with Gasteiger partial charge < -0.3 is 9.97 Å². The molecule has 0 bridgehead atoms. The second-order valence-corrected chi connectivity index (χ2v) is 6.94. The second-order valence-electron chi connectivity index (χ2n) is 6.94. The minimum absolute atomic E-state index is 0.187. The van der Waals surface area contributed by atoms with E-state index in [4.69, 9.17) is 0 Å². The summed E-state index contributed by atoms with van der Waals surface area (Å²) in [6.07, 6.45) is -1.95. The van der Waals surface area contributed by atoms with E-state index in [1.54, 1.807) is 42.5 Å². The van der Waals surface area contributed by atoms with Crippen LogP contribution in [0.2, 0.25) is 0 Å². The van der Waals surface area contributed by atoms with E-state index in [2.05, 4.69) is 25.3 Å². The van der Waals surface area contributed by atoms with Crippen molar-refractivity contribution in [3.05, 3.63) is 66.4 Å². The van der Waals surface area contributed by atoms with Crippen molar-refractivity contribution in [1.82, 2.24) is 25.3 Å². The lowest BCUT2D eigenvalue weighted by molar-refractivity contribution is -0.144. The van der Waals surface area contributed by atoms with Gasteiger partial charge >= 0.3 is 12.2 Å². The number of urea groups is 1. The van der Waals surface area contributed by atoms with Gasteiger partial charge in [0.15, 0.2) is 0 Å². The van der Waals surface area contributed by atoms with Crippen LogP contribution in [-0.2, 0) is 11.0 Å². The molecule has 1 unspecified atom stereocenters. The van der Waals surface area contributed by atoms with Crippen molar-refractivity contribution >= 4 is 28.7 Å². The third-order valence-electron chi connectivity index (χ3n) is 5.02. The standard InChI is InChI=1S/C20H13F3N6O2/c21-20(22,23)18-24-8-15(27-18)10-1-3-11(4-2-10)16-17(30)28-19(31)29(16)12-5-6-13-14(7-12)26-9-25-13/h1-9,16H,(H,24,27)(H,25,26)(H,28,30,31). The highest BCUT2D eigenvalue weighted by atomic mass is 19.4. The molecule has 5 rings (SSSR count). The first-order valence-corrected chi connectivity index (χ1v) is 9.11. The van der Waals surface area contributed by atoms with Crippen LogP contribution >= 0.6 is 0 Å². The van der Waals surface area contributed by atoms with Crippen LogP contribution in [-0.4, -0.2) is 31.9 Å². The maximum absolute atomic E-state index is 12.8. The molecule has 3 N–H and O–H groups in total. The van der Waals surface area contributed by atoms with E-state index in [1.165, 1.54) is 11.2 Å². The van der Waals surface area contributed by atoms with Gasteiger partial charge in [-0.05, 0) is 29.3 Å². The van der Waals surface area contributed by atoms with Crippen LogP contribution < -0.4 is 10.2 Å². The zero-order valence-corrected chi connectivity index (χ0v) is 15.6. The summed E-state index contributed by atoms with van der Waals surface area (Å²) in [5.41, 5.74) is 3.08. The molecule has 4 aromatic rings. The normalized spacial score (nSPS) is 16.9. The number of halogens is 3. The molecule has 1 aliphatic rings. The Kier molecular flexibility index (Phi) is 4.07. The summed E-state index contributed by atoms with van der Waals surface area (Å²) in [7, 11) is 0. The summed E-state index contributed by atoms with van der Waals surface area (Å²) < 4.78 is 38.3. The third kappa shape index (κ3) is 3.19. The fraction of sp³-hybridized carbons (Fsp3) is 0.100. The molecular weight excluding hydrogens is 413 g/mol. The number of rotatable bonds is 3. The molecule has 1 fully saturated rings. The van der Waals surface area contributed by atoms with Gasteiger partial charge in [0.1, 0.15) is 6.04 Å². The molecule has 1 saturated heterocycles. The minimum atomic E-state index is -4.57. The van der Waals surface area contributed by atoms with Crippen LogP contribution in [0, 0.1) is 0 Å². The number of aromatic amines is 2. The van der Waals surface area contributed by atoms with Crippen molar-refractivity contribution < 1.29 is 22.8 Å². The van der Waals surface area contributed by atoms with Crippen molar-refractivity contribution in [3.63, 3.8) is 0 Å². The maximum atomic E-state index is 12.8. The molecule has 156 valence electrons. The Morgan fingerprint density at radius 2 is 1.77 bits per heavy atom. The van der Waals surface area contributed by atoms with Gasteiger partial charge in [0.25, 0.3) is 5.91 Å². The summed E-state index contributed by atoms with van der Waals surface area (Å²) in [6, 6.07) is 9.95. The molecule has 1 atom stereocenters. The topological polar surface area (TPSA) is 107 Å². The Labute approximate surface area is 172 Å². The lowest BCUT2D eigenvalue weighted by atomic mass is 10.0. The second kappa shape index (κ2) is 6.69. The molecule has 2 aromatic heterocycles. The molecule has 0 aliphatic carbocycles. The number of imide groups is 1. The molecule has 0 saturated carbocycles. The Hall–Kier alpha value is -4.15. The van der Waals surface area contributed by atoms with Crippen LogP contribution in [0.3, 0.4) is 0 Å². The Bertz CT molecular complexity index is 1310. The average molecular weight is 426 g/mol. The molecule has 3 heterocycles. The van der Waals surface area contributed by atoms with Crippen LogP contribution in [0.5, 0.6) is 0 Å². The first-order chi connectivity index (χ1) is 14.8. The Balaban J connectivity index is 1.48. The van der Waals surface area contributed by atoms with E-state index in [-0.39, 0.29) is 5.69 Å². The van der Waals surface area contributed by atoms with E-state index < -0.39 is 30.0 Å². The monoisotopic (exact) mass is 426 g/mol. The zero-order valence-electron chi connectivity index (χ0n) is 15.6. The molecule has 11 heteroatoms. The summed E-state index contributed by atoms with van der Waals surface area (Å²) in [5, 5.41) is 2.30. The van der Waals surface area contributed by atoms with Crippen LogP contribution in [0.25, 0.3) is 22.3 Å². The summed E-state index contributed by atoms with van der Waals surface area (Å²) in [4.78, 5) is 39.0. The predicted octanol–water partition coefficient (Wildman–Crippen LogP) is 3.77. The number of carbonyl (C=O) groups excluding carboxylic acids is 2. The summed E-state index contributed by atoms with van der Waals surface area (Å²) >= 11 is 0. The SMILES string of the molecule is O=C1NC(=O)N(c2ccc3nc[nH]c3c2)C1c1ccc(-c2cnc(C(F)(F)F)[nH]2)cc1. The largest absolute Gasteiger partial charge is 0.449 e. The van der Waals surface area contributed by atoms with Gasteiger partial charge in [-0.3, -0.25) is 15.0 Å². The van der Waals surface area contributed by atoms with E-state index >= 15 is 0 Å². The number of amides is 3. The average Bonchev–Trinajstić information content (AvgIpc) is 3.45. The number of hydrogen-bond donors (Lipinski definition) is 3. The molecule has 0 radical (unpaired) electrons. The number of carbonyl (C=O) groups is 2. The highest BCUT2D eigenvalue weighted by molar-refractivity contribution is 6.15. The van der Waals surface area contributed by atoms with Gasteiger partial charge in [0, 0.05) is 5.69 Å². The molecule has 1 aliphatic heterocycles. The van der Waals surface area contributed by atoms with Gasteiger partial charge in [-0.15, -0.1) is 0 Å². The third-order valence-corrected chi connectivity index (χ3v) is 5.02. The first kappa shape index (κ1) is 18.9. The van der Waals surface area contributed by atoms with Gasteiger partial charge in [-0.25, -0.2) is 14.8 Å². The number of alkyl halides is 3. The highest BCUT2D eigenvalue weighted by Crippen LogP contribution is 2.34. The molecule has 2 aromatic carbocycles. The van der Waals surface area contributed by atoms with E-state index in [1.807, 2.05) is 0 Å². The lowest BCUT2D eigenvalue weighted by Crippen LogP contribution is -2.29. The van der Waals surface area contributed by atoms with Crippen LogP contribution in [0.4, 0.5) is 23.7 Å². The van der Waals surface area contributed by atoms with Crippen molar-refractivity contribution in [2.24, 2.45) is 0 Å². The number of fused-ring (bicyclic) bond motifs is 1. The van der Waals surface area contributed by atoms with Gasteiger partial charge in [-0.2, -0.15) is 13.2 Å². The molecule has 0 spiro atoms. The number of nitrogens with one attached hydrogen (secondary N) is 3. The van der Waals surface area contributed by atoms with E-state index in [9.17, 15) is 22.8 Å². The fourth-order valence-corrected chi connectivity index (χ4v) is 3.57. The van der Waals surface area contributed by atoms with Gasteiger partial charge in [0.05, 0.1) is 29.3 Å². The minimum Gasteiger partial charge on any atom is -0.345 e. The summed E-state index contributed by atoms with van der Waals surface area (Å²) in [6.45, 7) is 0. The van der Waals surface area contributed by atoms with Crippen LogP contribution in [0.1, 0.15) is 17.4 Å². The van der Waals surface area contributed by atoms with Gasteiger partial charge in [-0.1, -0.05) is 24.3 Å². The predicted molar refractivity (Wildman–Crippen MR) is 104 cm³/mol. The number of aromatic nitrogens is 4. The van der Waals surface area contributed by atoms with Crippen molar-refractivity contribution in [3.8, 4) is 11.3 Å². The highest BCUT2D eigenvalue weighted by Gasteiger charge is 2.40. The first-order valence-electron chi connectivity index (χ1n) is 9.11. The van der Waals surface area contributed by atoms with E-state index in [0.717, 1.165) is 6.20 Å². The van der Waals surface area contributed by atoms with Crippen molar-refractivity contribution in [1.29, 1.82) is 0 Å². The molecule has 3 amide bonds. The fourth-order valence-electron chi connectivity index (χ4n) is 3.57. The quantitative estimate of drug-likeness (QED) is 0.434.